The maximum atomic E-state index is 13.1. The normalized spacial score (nSPS) is 14.6. The summed E-state index contributed by atoms with van der Waals surface area (Å²) >= 11 is 0. The van der Waals surface area contributed by atoms with Gasteiger partial charge in [0.2, 0.25) is 0 Å². The molecule has 0 saturated heterocycles. The zero-order valence-electron chi connectivity index (χ0n) is 67.5. The molecule has 0 bridgehead atoms. The molecule has 17 nitrogen and oxygen atoms in total. The zero-order valence-corrected chi connectivity index (χ0v) is 69.3. The Balaban J connectivity index is 5.48. The molecule has 0 heterocycles. The summed E-state index contributed by atoms with van der Waals surface area (Å²) in [6.07, 6.45) is 93.6. The van der Waals surface area contributed by atoms with Gasteiger partial charge >= 0.3 is 39.5 Å². The Morgan fingerprint density at radius 2 is 0.500 bits per heavy atom. The average molecular weight is 1550 g/mol. The van der Waals surface area contributed by atoms with E-state index in [1.807, 2.05) is 18.2 Å². The summed E-state index contributed by atoms with van der Waals surface area (Å²) in [5.41, 5.74) is 0. The van der Waals surface area contributed by atoms with Crippen molar-refractivity contribution in [2.75, 3.05) is 39.6 Å². The minimum atomic E-state index is -5.01. The number of phosphoric ester groups is 2. The van der Waals surface area contributed by atoms with Gasteiger partial charge in [0, 0.05) is 25.7 Å². The fourth-order valence-electron chi connectivity index (χ4n) is 10.7. The molecule has 616 valence electrons. The van der Waals surface area contributed by atoms with Crippen LogP contribution in [0, 0.1) is 0 Å². The highest BCUT2D eigenvalue weighted by Crippen LogP contribution is 2.45. The summed E-state index contributed by atoms with van der Waals surface area (Å²) in [6.45, 7) is 4.51. The van der Waals surface area contributed by atoms with E-state index in [0.29, 0.717) is 32.1 Å². The van der Waals surface area contributed by atoms with E-state index in [2.05, 4.69) is 167 Å². The quantitative estimate of drug-likeness (QED) is 0.0169. The molecule has 0 rings (SSSR count). The Morgan fingerprint density at radius 3 is 0.824 bits per heavy atom. The van der Waals surface area contributed by atoms with E-state index in [9.17, 15) is 43.2 Å². The van der Waals surface area contributed by atoms with Crippen LogP contribution in [-0.4, -0.2) is 96.7 Å². The summed E-state index contributed by atoms with van der Waals surface area (Å²) in [7, 11) is -10.0. The monoisotopic (exact) mass is 1550 g/mol. The van der Waals surface area contributed by atoms with Gasteiger partial charge in [-0.1, -0.05) is 295 Å². The molecular weight excluding hydrogens is 1400 g/mol. The molecule has 19 heteroatoms. The summed E-state index contributed by atoms with van der Waals surface area (Å²) in [4.78, 5) is 73.2. The molecule has 0 aromatic rings. The molecule has 0 aliphatic heterocycles. The van der Waals surface area contributed by atoms with Gasteiger partial charge in [0.25, 0.3) is 0 Å². The van der Waals surface area contributed by atoms with Gasteiger partial charge in [-0.3, -0.25) is 37.3 Å². The zero-order chi connectivity index (χ0) is 78.9. The van der Waals surface area contributed by atoms with Crippen LogP contribution in [0.4, 0.5) is 0 Å². The van der Waals surface area contributed by atoms with Crippen LogP contribution in [0.1, 0.15) is 323 Å². The third-order valence-electron chi connectivity index (χ3n) is 17.0. The highest BCUT2D eigenvalue weighted by Gasteiger charge is 2.30. The fraction of sp³-hybridized carbons (Fsp3) is 0.663. The van der Waals surface area contributed by atoms with Gasteiger partial charge in [0.15, 0.2) is 12.2 Å². The maximum Gasteiger partial charge on any atom is 0.472 e. The van der Waals surface area contributed by atoms with E-state index in [1.165, 1.54) is 57.8 Å². The van der Waals surface area contributed by atoms with Crippen LogP contribution in [0.15, 0.2) is 158 Å². The van der Waals surface area contributed by atoms with Gasteiger partial charge in [0.05, 0.1) is 26.4 Å². The Labute approximate surface area is 655 Å². The SMILES string of the molecule is CC/C=C\C/C=C\C/C=C\C/C=C\C/C=C\C/C=C\CCC(=O)OCC(COP(=O)(O)OCC(O)COP(=O)(O)OCC(COC(=O)CCCCCCC/C=C\C/C=C\CCCCC)OC(=O)CCCCCCC/C=C\CCCCCCCC)OC(=O)CCCCCCCC/C=C\C/C=C\C/C=C\C/C=C\CC. The van der Waals surface area contributed by atoms with Crippen molar-refractivity contribution in [1.29, 1.82) is 0 Å². The number of unbranched alkanes of at least 4 members (excludes halogenated alkanes) is 25. The molecule has 3 N–H and O–H groups in total. The summed E-state index contributed by atoms with van der Waals surface area (Å²) in [6, 6.07) is 0. The number of carbonyl (C=O) groups is 4. The van der Waals surface area contributed by atoms with Gasteiger partial charge in [-0.15, -0.1) is 0 Å². The minimum Gasteiger partial charge on any atom is -0.462 e. The van der Waals surface area contributed by atoms with E-state index in [-0.39, 0.29) is 25.7 Å². The summed E-state index contributed by atoms with van der Waals surface area (Å²) in [5, 5.41) is 10.7. The first kappa shape index (κ1) is 103. The van der Waals surface area contributed by atoms with Crippen molar-refractivity contribution in [3.63, 3.8) is 0 Å². The van der Waals surface area contributed by atoms with Crippen molar-refractivity contribution in [3.05, 3.63) is 158 Å². The lowest BCUT2D eigenvalue weighted by molar-refractivity contribution is -0.161. The first-order valence-electron chi connectivity index (χ1n) is 41.7. The molecule has 5 atom stereocenters. The van der Waals surface area contributed by atoms with Crippen molar-refractivity contribution >= 4 is 39.5 Å². The molecule has 108 heavy (non-hydrogen) atoms. The molecule has 0 fully saturated rings. The van der Waals surface area contributed by atoms with Gasteiger partial charge < -0.3 is 33.8 Å². The van der Waals surface area contributed by atoms with Crippen LogP contribution in [-0.2, 0) is 65.4 Å². The highest BCUT2D eigenvalue weighted by molar-refractivity contribution is 7.47. The van der Waals surface area contributed by atoms with Crippen LogP contribution < -0.4 is 0 Å². The Hall–Kier alpha value is -5.32. The molecule has 5 unspecified atom stereocenters. The number of ether oxygens (including phenoxy) is 4. The second-order valence-electron chi connectivity index (χ2n) is 27.3. The van der Waals surface area contributed by atoms with Crippen LogP contribution >= 0.6 is 15.6 Å². The van der Waals surface area contributed by atoms with Crippen molar-refractivity contribution in [2.24, 2.45) is 0 Å². The lowest BCUT2D eigenvalue weighted by Gasteiger charge is -2.21. The molecular formula is C89H148O17P2. The van der Waals surface area contributed by atoms with Crippen molar-refractivity contribution in [2.45, 2.75) is 341 Å². The number of hydrogen-bond acceptors (Lipinski definition) is 15. The van der Waals surface area contributed by atoms with Gasteiger partial charge in [-0.05, 0) is 161 Å². The standard InChI is InChI=1S/C89H148O17P2/c1-5-9-13-17-21-25-29-33-37-39-41-43-47-50-54-58-62-66-70-74-87(92)100-80-85(106-89(94)76-72-68-64-60-56-52-48-44-42-40-38-34-30-26-22-18-14-10-6-2)82-104-108(97,98)102-78-83(90)77-101-107(95,96)103-81-84(105-88(93)75-71-67-63-59-55-51-46-36-32-28-24-20-16-12-8-4)79-99-86(91)73-69-65-61-57-53-49-45-35-31-27-23-19-15-11-7-3/h9-10,13-14,21-23,25-27,33-38,41-46,50,54,62,66,83-85,90H,5-8,11-12,15-20,24,28-32,39-40,47-49,51-53,55-61,63-65,67-82H2,1-4H3,(H,95,96)(H,97,98)/b13-9-,14-10-,25-21-,26-22-,27-23-,37-33-,38-34-,43-41-,44-42-,45-35-,46-36-,54-50-,66-62-. The predicted octanol–water partition coefficient (Wildman–Crippen LogP) is 24.8. The average Bonchev–Trinajstić information content (AvgIpc) is 0.896. The molecule has 0 aromatic carbocycles. The van der Waals surface area contributed by atoms with Crippen LogP contribution in [0.3, 0.4) is 0 Å². The van der Waals surface area contributed by atoms with E-state index >= 15 is 0 Å². The number of carbonyl (C=O) groups excluding carboxylic acids is 4. The molecule has 0 saturated carbocycles. The van der Waals surface area contributed by atoms with Crippen molar-refractivity contribution < 1.29 is 80.2 Å². The van der Waals surface area contributed by atoms with Gasteiger partial charge in [-0.25, -0.2) is 9.13 Å². The van der Waals surface area contributed by atoms with Gasteiger partial charge in [-0.2, -0.15) is 0 Å². The summed E-state index contributed by atoms with van der Waals surface area (Å²) < 4.78 is 68.6. The molecule has 0 amide bonds. The second-order valence-corrected chi connectivity index (χ2v) is 30.2. The Morgan fingerprint density at radius 1 is 0.269 bits per heavy atom. The lowest BCUT2D eigenvalue weighted by atomic mass is 10.1. The number of aliphatic hydroxyl groups is 1. The Kier molecular flexibility index (Phi) is 75.8. The van der Waals surface area contributed by atoms with Crippen LogP contribution in [0.5, 0.6) is 0 Å². The first-order chi connectivity index (χ1) is 52.7. The van der Waals surface area contributed by atoms with E-state index in [0.717, 1.165) is 180 Å². The number of aliphatic hydroxyl groups excluding tert-OH is 1. The largest absolute Gasteiger partial charge is 0.472 e. The smallest absolute Gasteiger partial charge is 0.462 e. The number of phosphoric acid groups is 2. The third-order valence-corrected chi connectivity index (χ3v) is 18.9. The number of rotatable bonds is 77. The highest BCUT2D eigenvalue weighted by atomic mass is 31.2. The Bertz CT molecular complexity index is 2660. The predicted molar refractivity (Wildman–Crippen MR) is 445 cm³/mol. The lowest BCUT2D eigenvalue weighted by Crippen LogP contribution is -2.30. The molecule has 0 aromatic heterocycles. The fourth-order valence-corrected chi connectivity index (χ4v) is 12.3. The minimum absolute atomic E-state index is 0.0274. The van der Waals surface area contributed by atoms with Crippen molar-refractivity contribution in [3.8, 4) is 0 Å². The van der Waals surface area contributed by atoms with Gasteiger partial charge in [0.1, 0.15) is 19.3 Å². The first-order valence-corrected chi connectivity index (χ1v) is 44.7. The second kappa shape index (κ2) is 79.8. The number of hydrogen-bond donors (Lipinski definition) is 3. The third kappa shape index (κ3) is 78.8. The van der Waals surface area contributed by atoms with E-state index < -0.39 is 97.5 Å². The van der Waals surface area contributed by atoms with E-state index in [4.69, 9.17) is 37.0 Å². The van der Waals surface area contributed by atoms with Crippen LogP contribution in [0.25, 0.3) is 0 Å². The topological polar surface area (TPSA) is 237 Å². The molecule has 0 aliphatic rings. The molecule has 0 aliphatic carbocycles. The molecule has 0 spiro atoms. The number of esters is 4. The van der Waals surface area contributed by atoms with Crippen molar-refractivity contribution in [1.82, 2.24) is 0 Å². The summed E-state index contributed by atoms with van der Waals surface area (Å²) in [5.74, 6) is -2.31. The van der Waals surface area contributed by atoms with Crippen LogP contribution in [0.2, 0.25) is 0 Å². The number of allylic oxidation sites excluding steroid dienone is 26. The molecule has 0 radical (unpaired) electrons. The van der Waals surface area contributed by atoms with E-state index in [1.54, 1.807) is 0 Å². The maximum absolute atomic E-state index is 13.1.